The molecule has 3 heterocycles. The van der Waals surface area contributed by atoms with Crippen molar-refractivity contribution in [2.45, 2.75) is 19.8 Å². The van der Waals surface area contributed by atoms with Gasteiger partial charge in [0.15, 0.2) is 0 Å². The molecular weight excluding hydrogens is 278 g/mol. The van der Waals surface area contributed by atoms with Crippen LogP contribution in [-0.2, 0) is 0 Å². The van der Waals surface area contributed by atoms with Crippen LogP contribution in [-0.4, -0.2) is 23.1 Å². The van der Waals surface area contributed by atoms with E-state index in [1.807, 2.05) is 6.92 Å². The fraction of sp³-hybridized carbons (Fsp3) is 0.294. The van der Waals surface area contributed by atoms with Crippen molar-refractivity contribution in [1.82, 2.24) is 9.97 Å². The summed E-state index contributed by atoms with van der Waals surface area (Å²) in [5.74, 6) is 1.96. The molecular formula is C17H17N3S. The second-order valence-electron chi connectivity index (χ2n) is 5.50. The number of anilines is 1. The van der Waals surface area contributed by atoms with Crippen LogP contribution in [0.1, 0.15) is 18.7 Å². The normalized spacial score (nSPS) is 15.0. The molecule has 0 atom stereocenters. The number of hydrogen-bond acceptors (Lipinski definition) is 4. The lowest BCUT2D eigenvalue weighted by atomic mass is 10.1. The number of benzene rings is 1. The second kappa shape index (κ2) is 5.11. The van der Waals surface area contributed by atoms with Gasteiger partial charge in [-0.1, -0.05) is 12.1 Å². The zero-order valence-electron chi connectivity index (χ0n) is 12.0. The van der Waals surface area contributed by atoms with Crippen LogP contribution in [0.25, 0.3) is 21.3 Å². The Hall–Kier alpha value is -1.94. The monoisotopic (exact) mass is 295 g/mol. The summed E-state index contributed by atoms with van der Waals surface area (Å²) < 4.78 is 0. The van der Waals surface area contributed by atoms with Gasteiger partial charge in [0.2, 0.25) is 0 Å². The van der Waals surface area contributed by atoms with Crippen molar-refractivity contribution < 1.29 is 0 Å². The number of fused-ring (bicyclic) bond motifs is 1. The third kappa shape index (κ3) is 2.29. The van der Waals surface area contributed by atoms with E-state index in [9.17, 15) is 0 Å². The molecule has 0 amide bonds. The fourth-order valence-corrected chi connectivity index (χ4v) is 3.72. The van der Waals surface area contributed by atoms with Crippen molar-refractivity contribution in [3.05, 3.63) is 41.5 Å². The minimum absolute atomic E-state index is 0.854. The lowest BCUT2D eigenvalue weighted by molar-refractivity contribution is 0.925. The average Bonchev–Trinajstić information content (AvgIpc) is 3.19. The van der Waals surface area contributed by atoms with Gasteiger partial charge in [-0.05, 0) is 48.9 Å². The van der Waals surface area contributed by atoms with E-state index in [4.69, 9.17) is 4.98 Å². The molecule has 3 aromatic rings. The predicted molar refractivity (Wildman–Crippen MR) is 89.0 cm³/mol. The van der Waals surface area contributed by atoms with Gasteiger partial charge in [0.05, 0.1) is 5.52 Å². The highest BCUT2D eigenvalue weighted by atomic mass is 32.1. The summed E-state index contributed by atoms with van der Waals surface area (Å²) in [6.45, 7) is 4.20. The average molecular weight is 295 g/mol. The number of rotatable bonds is 2. The highest BCUT2D eigenvalue weighted by Gasteiger charge is 2.17. The molecule has 106 valence electrons. The molecule has 0 saturated carbocycles. The summed E-state index contributed by atoms with van der Waals surface area (Å²) in [6, 6.07) is 10.8. The van der Waals surface area contributed by atoms with Gasteiger partial charge < -0.3 is 4.90 Å². The van der Waals surface area contributed by atoms with Crippen LogP contribution in [0, 0.1) is 6.92 Å². The third-order valence-corrected chi connectivity index (χ3v) is 4.92. The number of nitrogens with zero attached hydrogens (tertiary/aromatic N) is 3. The molecule has 0 unspecified atom stereocenters. The molecule has 1 aliphatic heterocycles. The van der Waals surface area contributed by atoms with Crippen LogP contribution < -0.4 is 4.90 Å². The molecule has 4 rings (SSSR count). The van der Waals surface area contributed by atoms with E-state index in [1.165, 1.54) is 28.7 Å². The van der Waals surface area contributed by atoms with Gasteiger partial charge >= 0.3 is 0 Å². The maximum Gasteiger partial charge on any atom is 0.140 e. The summed E-state index contributed by atoms with van der Waals surface area (Å²) in [4.78, 5) is 13.0. The van der Waals surface area contributed by atoms with Gasteiger partial charge in [-0.2, -0.15) is 0 Å². The van der Waals surface area contributed by atoms with E-state index >= 15 is 0 Å². The van der Waals surface area contributed by atoms with Crippen molar-refractivity contribution in [3.8, 4) is 10.4 Å². The van der Waals surface area contributed by atoms with Gasteiger partial charge in [0.1, 0.15) is 11.6 Å². The zero-order valence-corrected chi connectivity index (χ0v) is 12.9. The lowest BCUT2D eigenvalue weighted by Gasteiger charge is -2.19. The number of thiophene rings is 1. The first kappa shape index (κ1) is 12.8. The van der Waals surface area contributed by atoms with Crippen LogP contribution in [0.5, 0.6) is 0 Å². The highest BCUT2D eigenvalue weighted by Crippen LogP contribution is 2.31. The molecule has 2 aromatic heterocycles. The maximum atomic E-state index is 4.69. The van der Waals surface area contributed by atoms with Gasteiger partial charge in [0.25, 0.3) is 0 Å². The lowest BCUT2D eigenvalue weighted by Crippen LogP contribution is -2.20. The summed E-state index contributed by atoms with van der Waals surface area (Å²) in [5.41, 5.74) is 2.29. The Labute approximate surface area is 128 Å². The Balaban J connectivity index is 1.88. The Morgan fingerprint density at radius 2 is 1.95 bits per heavy atom. The minimum atomic E-state index is 0.854. The minimum Gasteiger partial charge on any atom is -0.356 e. The zero-order chi connectivity index (χ0) is 14.2. The second-order valence-corrected chi connectivity index (χ2v) is 6.45. The standard InChI is InChI=1S/C17H17N3S/c1-12-18-15-11-13(16-5-4-10-21-16)6-7-14(15)17(19-12)20-8-2-3-9-20/h4-7,10-11H,2-3,8-9H2,1H3. The van der Waals surface area contributed by atoms with E-state index < -0.39 is 0 Å². The van der Waals surface area contributed by atoms with Crippen LogP contribution in [0.2, 0.25) is 0 Å². The first-order valence-electron chi connectivity index (χ1n) is 7.38. The van der Waals surface area contributed by atoms with E-state index in [-0.39, 0.29) is 0 Å². The van der Waals surface area contributed by atoms with Crippen molar-refractivity contribution >= 4 is 28.1 Å². The van der Waals surface area contributed by atoms with Crippen molar-refractivity contribution in [2.24, 2.45) is 0 Å². The molecule has 0 aliphatic carbocycles. The summed E-state index contributed by atoms with van der Waals surface area (Å²) in [7, 11) is 0. The van der Waals surface area contributed by atoms with E-state index in [1.54, 1.807) is 11.3 Å². The molecule has 3 nitrogen and oxygen atoms in total. The van der Waals surface area contributed by atoms with Gasteiger partial charge in [0, 0.05) is 23.4 Å². The predicted octanol–water partition coefficient (Wildman–Crippen LogP) is 4.27. The molecule has 0 bridgehead atoms. The summed E-state index contributed by atoms with van der Waals surface area (Å²) in [6.07, 6.45) is 2.52. The first-order valence-corrected chi connectivity index (χ1v) is 8.26. The molecule has 0 N–H and O–H groups in total. The number of aromatic nitrogens is 2. The molecule has 1 aromatic carbocycles. The maximum absolute atomic E-state index is 4.69. The summed E-state index contributed by atoms with van der Waals surface area (Å²) in [5, 5.41) is 3.28. The number of hydrogen-bond donors (Lipinski definition) is 0. The molecule has 0 spiro atoms. The molecule has 1 aliphatic rings. The molecule has 1 saturated heterocycles. The van der Waals surface area contributed by atoms with Crippen LogP contribution >= 0.6 is 11.3 Å². The van der Waals surface area contributed by atoms with Crippen molar-refractivity contribution in [1.29, 1.82) is 0 Å². The molecule has 21 heavy (non-hydrogen) atoms. The van der Waals surface area contributed by atoms with E-state index in [2.05, 4.69) is 45.6 Å². The topological polar surface area (TPSA) is 29.0 Å². The summed E-state index contributed by atoms with van der Waals surface area (Å²) >= 11 is 1.76. The van der Waals surface area contributed by atoms with Crippen LogP contribution in [0.15, 0.2) is 35.7 Å². The third-order valence-electron chi connectivity index (χ3n) is 4.00. The molecule has 1 fully saturated rings. The van der Waals surface area contributed by atoms with E-state index in [0.717, 1.165) is 30.2 Å². The molecule has 4 heteroatoms. The quantitative estimate of drug-likeness (QED) is 0.707. The van der Waals surface area contributed by atoms with E-state index in [0.29, 0.717) is 0 Å². The Bertz CT molecular complexity index is 774. The van der Waals surface area contributed by atoms with Crippen LogP contribution in [0.4, 0.5) is 5.82 Å². The SMILES string of the molecule is Cc1nc(N2CCCC2)c2ccc(-c3cccs3)cc2n1. The Morgan fingerprint density at radius 3 is 2.71 bits per heavy atom. The van der Waals surface area contributed by atoms with Crippen LogP contribution in [0.3, 0.4) is 0 Å². The van der Waals surface area contributed by atoms with Crippen molar-refractivity contribution in [2.75, 3.05) is 18.0 Å². The smallest absolute Gasteiger partial charge is 0.140 e. The first-order chi connectivity index (χ1) is 10.3. The number of aryl methyl sites for hydroxylation is 1. The van der Waals surface area contributed by atoms with Gasteiger partial charge in [-0.3, -0.25) is 0 Å². The Morgan fingerprint density at radius 1 is 1.10 bits per heavy atom. The van der Waals surface area contributed by atoms with Crippen molar-refractivity contribution in [3.63, 3.8) is 0 Å². The largest absolute Gasteiger partial charge is 0.356 e. The Kier molecular flexibility index (Phi) is 3.11. The fourth-order valence-electron chi connectivity index (χ4n) is 2.99. The molecule has 0 radical (unpaired) electrons. The van der Waals surface area contributed by atoms with Gasteiger partial charge in [-0.15, -0.1) is 11.3 Å². The van der Waals surface area contributed by atoms with Gasteiger partial charge in [-0.25, -0.2) is 9.97 Å². The highest BCUT2D eigenvalue weighted by molar-refractivity contribution is 7.13.